The summed E-state index contributed by atoms with van der Waals surface area (Å²) in [4.78, 5) is 34.8. The van der Waals surface area contributed by atoms with Crippen molar-refractivity contribution in [1.29, 1.82) is 0 Å². The first-order valence-corrected chi connectivity index (χ1v) is 12.0. The highest BCUT2D eigenvalue weighted by molar-refractivity contribution is 5.98. The number of nitrogens with two attached hydrogens (primary N) is 1. The van der Waals surface area contributed by atoms with Crippen LogP contribution in [0.3, 0.4) is 0 Å². The summed E-state index contributed by atoms with van der Waals surface area (Å²) in [5, 5.41) is 7.52. The highest BCUT2D eigenvalue weighted by atomic mass is 16.7. The van der Waals surface area contributed by atoms with Crippen molar-refractivity contribution in [2.24, 2.45) is 5.73 Å². The SMILES string of the molecule is NC(=O)C1(C(Cc2ccccc2)NC(=O)c2cccnc2-n2ccc(-c3ccc4ocnc4c3)n2)OC=CO1. The molecule has 194 valence electrons. The number of fused-ring (bicyclic) bond motifs is 1. The fourth-order valence-corrected chi connectivity index (χ4v) is 4.47. The van der Waals surface area contributed by atoms with Gasteiger partial charge in [-0.15, -0.1) is 0 Å². The van der Waals surface area contributed by atoms with Crippen LogP contribution in [-0.2, 0) is 20.7 Å². The number of hydrogen-bond acceptors (Lipinski definition) is 8. The van der Waals surface area contributed by atoms with Crippen molar-refractivity contribution in [3.63, 3.8) is 0 Å². The number of nitrogens with zero attached hydrogens (tertiary/aromatic N) is 4. The largest absolute Gasteiger partial charge is 0.447 e. The number of primary amides is 1. The van der Waals surface area contributed by atoms with Crippen LogP contribution in [0.25, 0.3) is 28.2 Å². The lowest BCUT2D eigenvalue weighted by Crippen LogP contribution is -2.61. The smallest absolute Gasteiger partial charge is 0.352 e. The zero-order chi connectivity index (χ0) is 26.8. The van der Waals surface area contributed by atoms with Gasteiger partial charge in [0, 0.05) is 24.4 Å². The molecule has 0 saturated heterocycles. The molecule has 1 atom stereocenters. The van der Waals surface area contributed by atoms with Gasteiger partial charge in [-0.1, -0.05) is 30.3 Å². The number of carbonyl (C=O) groups is 2. The Hall–Kier alpha value is -5.45. The van der Waals surface area contributed by atoms with Crippen molar-refractivity contribution in [1.82, 2.24) is 25.1 Å². The minimum atomic E-state index is -1.91. The summed E-state index contributed by atoms with van der Waals surface area (Å²) in [6.07, 6.45) is 7.33. The monoisotopic (exact) mass is 522 g/mol. The first-order valence-electron chi connectivity index (χ1n) is 12.0. The summed E-state index contributed by atoms with van der Waals surface area (Å²) < 4.78 is 17.9. The average Bonchev–Trinajstić information content (AvgIpc) is 3.74. The van der Waals surface area contributed by atoms with Gasteiger partial charge in [0.05, 0.1) is 11.3 Å². The second-order valence-corrected chi connectivity index (χ2v) is 8.81. The summed E-state index contributed by atoms with van der Waals surface area (Å²) in [5.41, 5.74) is 9.62. The van der Waals surface area contributed by atoms with Crippen molar-refractivity contribution in [2.75, 3.05) is 0 Å². The number of aromatic nitrogens is 4. The van der Waals surface area contributed by atoms with Crippen molar-refractivity contribution >= 4 is 22.9 Å². The molecule has 0 radical (unpaired) electrons. The second-order valence-electron chi connectivity index (χ2n) is 8.81. The van der Waals surface area contributed by atoms with Gasteiger partial charge in [-0.05, 0) is 42.0 Å². The van der Waals surface area contributed by atoms with Crippen LogP contribution in [0, 0.1) is 0 Å². The molecule has 6 rings (SSSR count). The van der Waals surface area contributed by atoms with E-state index in [1.54, 1.807) is 24.5 Å². The normalized spacial score (nSPS) is 14.5. The van der Waals surface area contributed by atoms with E-state index < -0.39 is 23.6 Å². The maximum atomic E-state index is 13.7. The van der Waals surface area contributed by atoms with E-state index in [4.69, 9.17) is 19.6 Å². The van der Waals surface area contributed by atoms with Crippen LogP contribution in [0.15, 0.2) is 102 Å². The molecule has 0 saturated carbocycles. The van der Waals surface area contributed by atoms with Gasteiger partial charge in [0.2, 0.25) is 0 Å². The van der Waals surface area contributed by atoms with Crippen molar-refractivity contribution in [3.8, 4) is 17.1 Å². The molecule has 39 heavy (non-hydrogen) atoms. The summed E-state index contributed by atoms with van der Waals surface area (Å²) in [5.74, 6) is -3.01. The van der Waals surface area contributed by atoms with E-state index in [9.17, 15) is 9.59 Å². The van der Waals surface area contributed by atoms with Crippen molar-refractivity contribution < 1.29 is 23.5 Å². The number of nitrogens with one attached hydrogen (secondary N) is 1. The Morgan fingerprint density at radius 3 is 2.62 bits per heavy atom. The van der Waals surface area contributed by atoms with Crippen LogP contribution in [0.5, 0.6) is 0 Å². The van der Waals surface area contributed by atoms with Gasteiger partial charge in [-0.25, -0.2) is 14.6 Å². The highest BCUT2D eigenvalue weighted by Gasteiger charge is 2.51. The third-order valence-electron chi connectivity index (χ3n) is 6.40. The lowest BCUT2D eigenvalue weighted by Gasteiger charge is -2.33. The molecule has 0 bridgehead atoms. The van der Waals surface area contributed by atoms with E-state index in [1.807, 2.05) is 54.6 Å². The Morgan fingerprint density at radius 1 is 1.00 bits per heavy atom. The third-order valence-corrected chi connectivity index (χ3v) is 6.40. The van der Waals surface area contributed by atoms with Crippen LogP contribution in [0.1, 0.15) is 15.9 Å². The number of hydrogen-bond donors (Lipinski definition) is 2. The van der Waals surface area contributed by atoms with Gasteiger partial charge in [0.15, 0.2) is 17.8 Å². The topological polar surface area (TPSA) is 147 Å². The Labute approximate surface area is 221 Å². The fourth-order valence-electron chi connectivity index (χ4n) is 4.47. The highest BCUT2D eigenvalue weighted by Crippen LogP contribution is 2.28. The van der Waals surface area contributed by atoms with Gasteiger partial charge in [0.1, 0.15) is 24.1 Å². The number of benzene rings is 2. The Bertz CT molecular complexity index is 1680. The van der Waals surface area contributed by atoms with Gasteiger partial charge in [-0.2, -0.15) is 5.10 Å². The molecule has 11 heteroatoms. The quantitative estimate of drug-likeness (QED) is 0.316. The molecule has 2 aromatic carbocycles. The molecule has 3 N–H and O–H groups in total. The third kappa shape index (κ3) is 4.46. The van der Waals surface area contributed by atoms with Crippen molar-refractivity contribution in [3.05, 3.63) is 109 Å². The van der Waals surface area contributed by atoms with Crippen LogP contribution >= 0.6 is 0 Å². The predicted molar refractivity (Wildman–Crippen MR) is 139 cm³/mol. The molecule has 0 spiro atoms. The number of oxazole rings is 1. The molecule has 11 nitrogen and oxygen atoms in total. The number of ether oxygens (including phenoxy) is 2. The zero-order valence-electron chi connectivity index (χ0n) is 20.4. The van der Waals surface area contributed by atoms with Crippen LogP contribution < -0.4 is 11.1 Å². The Kier molecular flexibility index (Phi) is 6.00. The van der Waals surface area contributed by atoms with Gasteiger partial charge < -0.3 is 24.9 Å². The van der Waals surface area contributed by atoms with E-state index >= 15 is 0 Å². The molecule has 1 aliphatic heterocycles. The molecule has 2 amide bonds. The first-order chi connectivity index (χ1) is 19.0. The lowest BCUT2D eigenvalue weighted by atomic mass is 9.97. The predicted octanol–water partition coefficient (Wildman–Crippen LogP) is 3.12. The minimum absolute atomic E-state index is 0.212. The molecule has 3 aromatic heterocycles. The van der Waals surface area contributed by atoms with Crippen LogP contribution in [-0.4, -0.2) is 43.4 Å². The standard InChI is InChI=1S/C28H22N6O5/c29-27(36)28(38-13-14-39-28)24(15-18-5-2-1-3-6-18)32-26(35)20-7-4-11-30-25(20)34-12-10-21(33-34)19-8-9-23-22(16-19)31-17-37-23/h1-14,16-17,24H,15H2,(H2,29,36)(H,32,35). The molecular weight excluding hydrogens is 500 g/mol. The second kappa shape index (κ2) is 9.78. The Balaban J connectivity index is 1.31. The summed E-state index contributed by atoms with van der Waals surface area (Å²) in [6.45, 7) is 0. The average molecular weight is 523 g/mol. The maximum absolute atomic E-state index is 13.7. The van der Waals surface area contributed by atoms with Gasteiger partial charge in [0.25, 0.3) is 5.91 Å². The number of pyridine rings is 1. The summed E-state index contributed by atoms with van der Waals surface area (Å²) in [7, 11) is 0. The molecule has 1 aliphatic rings. The number of amides is 2. The van der Waals surface area contributed by atoms with Gasteiger partial charge >= 0.3 is 11.7 Å². The molecule has 5 aromatic rings. The zero-order valence-corrected chi connectivity index (χ0v) is 20.4. The van der Waals surface area contributed by atoms with E-state index in [1.165, 1.54) is 23.6 Å². The minimum Gasteiger partial charge on any atom is -0.447 e. The fraction of sp³-hybridized carbons (Fsp3) is 0.107. The van der Waals surface area contributed by atoms with Crippen molar-refractivity contribution in [2.45, 2.75) is 18.2 Å². The number of rotatable bonds is 8. The van der Waals surface area contributed by atoms with Crippen LogP contribution in [0.4, 0.5) is 0 Å². The summed E-state index contributed by atoms with van der Waals surface area (Å²) in [6, 6.07) is 19.0. The Morgan fingerprint density at radius 2 is 1.82 bits per heavy atom. The molecular formula is C28H22N6O5. The van der Waals surface area contributed by atoms with Gasteiger partial charge in [-0.3, -0.25) is 9.59 Å². The molecule has 0 aliphatic carbocycles. The number of carbonyl (C=O) groups excluding carboxylic acids is 2. The first kappa shape index (κ1) is 23.9. The lowest BCUT2D eigenvalue weighted by molar-refractivity contribution is -0.182. The molecule has 4 heterocycles. The van der Waals surface area contributed by atoms with E-state index in [-0.39, 0.29) is 12.0 Å². The summed E-state index contributed by atoms with van der Waals surface area (Å²) >= 11 is 0. The molecule has 0 fully saturated rings. The van der Waals surface area contributed by atoms with E-state index in [0.717, 1.165) is 11.1 Å². The van der Waals surface area contributed by atoms with E-state index in [2.05, 4.69) is 20.4 Å². The van der Waals surface area contributed by atoms with Crippen LogP contribution in [0.2, 0.25) is 0 Å². The molecule has 1 unspecified atom stereocenters. The maximum Gasteiger partial charge on any atom is 0.352 e. The van der Waals surface area contributed by atoms with E-state index in [0.29, 0.717) is 22.6 Å².